The summed E-state index contributed by atoms with van der Waals surface area (Å²) in [6, 6.07) is 5.84. The Hall–Kier alpha value is -0.970. The number of benzene rings is 1. The normalized spacial score (nSPS) is 12.3. The molecule has 2 N–H and O–H groups in total. The summed E-state index contributed by atoms with van der Waals surface area (Å²) in [6.07, 6.45) is 0. The maximum atomic E-state index is 8.59. The van der Waals surface area contributed by atoms with Crippen molar-refractivity contribution in [2.45, 2.75) is 6.54 Å². The highest BCUT2D eigenvalue weighted by Gasteiger charge is 2.12. The Labute approximate surface area is 94.6 Å². The third-order valence-electron chi connectivity index (χ3n) is 2.05. The number of aliphatic hydroxyl groups is 1. The number of hydrogen-bond acceptors (Lipinski definition) is 4. The van der Waals surface area contributed by atoms with Crippen LogP contribution in [0.15, 0.2) is 18.2 Å². The molecular formula is C10H14ClNO3. The van der Waals surface area contributed by atoms with Gasteiger partial charge in [-0.05, 0) is 17.7 Å². The van der Waals surface area contributed by atoms with E-state index in [1.165, 1.54) is 0 Å². The van der Waals surface area contributed by atoms with Gasteiger partial charge in [0.1, 0.15) is 0 Å². The number of fused-ring (bicyclic) bond motifs is 1. The first kappa shape index (κ1) is 12.1. The molecule has 0 saturated carbocycles. The van der Waals surface area contributed by atoms with E-state index >= 15 is 0 Å². The van der Waals surface area contributed by atoms with Crippen molar-refractivity contribution in [1.82, 2.24) is 5.32 Å². The predicted octanol–water partition coefficient (Wildman–Crippen LogP) is 0.919. The molecule has 0 aliphatic carbocycles. The largest absolute Gasteiger partial charge is 0.454 e. The summed E-state index contributed by atoms with van der Waals surface area (Å²) in [6.45, 7) is 1.80. The van der Waals surface area contributed by atoms with E-state index < -0.39 is 0 Å². The highest BCUT2D eigenvalue weighted by Crippen LogP contribution is 2.32. The molecular weight excluding hydrogens is 218 g/mol. The molecule has 5 heteroatoms. The summed E-state index contributed by atoms with van der Waals surface area (Å²) in [5.41, 5.74) is 1.13. The third-order valence-corrected chi connectivity index (χ3v) is 2.05. The van der Waals surface area contributed by atoms with Crippen LogP contribution in [-0.4, -0.2) is 25.1 Å². The van der Waals surface area contributed by atoms with Crippen LogP contribution in [0, 0.1) is 0 Å². The zero-order valence-electron chi connectivity index (χ0n) is 8.23. The molecule has 0 saturated heterocycles. The van der Waals surface area contributed by atoms with E-state index in [1.807, 2.05) is 18.2 Å². The minimum Gasteiger partial charge on any atom is -0.454 e. The van der Waals surface area contributed by atoms with Gasteiger partial charge in [0.2, 0.25) is 6.79 Å². The van der Waals surface area contributed by atoms with Gasteiger partial charge < -0.3 is 19.9 Å². The van der Waals surface area contributed by atoms with E-state index in [4.69, 9.17) is 14.6 Å². The fourth-order valence-electron chi connectivity index (χ4n) is 1.36. The topological polar surface area (TPSA) is 50.7 Å². The SMILES string of the molecule is Cl.OCCNCc1ccc2c(c1)OCO2. The smallest absolute Gasteiger partial charge is 0.231 e. The summed E-state index contributed by atoms with van der Waals surface area (Å²) >= 11 is 0. The monoisotopic (exact) mass is 231 g/mol. The van der Waals surface area contributed by atoms with Gasteiger partial charge in [0.15, 0.2) is 11.5 Å². The molecule has 4 nitrogen and oxygen atoms in total. The molecule has 1 aromatic rings. The van der Waals surface area contributed by atoms with Crippen LogP contribution in [-0.2, 0) is 6.54 Å². The van der Waals surface area contributed by atoms with Gasteiger partial charge in [-0.25, -0.2) is 0 Å². The molecule has 0 bridgehead atoms. The highest BCUT2D eigenvalue weighted by atomic mass is 35.5. The van der Waals surface area contributed by atoms with Crippen molar-refractivity contribution < 1.29 is 14.6 Å². The molecule has 2 rings (SSSR count). The van der Waals surface area contributed by atoms with Crippen LogP contribution < -0.4 is 14.8 Å². The standard InChI is InChI=1S/C10H13NO3.ClH/c12-4-3-11-6-8-1-2-9-10(5-8)14-7-13-9;/h1-2,5,11-12H,3-4,6-7H2;1H. The summed E-state index contributed by atoms with van der Waals surface area (Å²) in [5, 5.41) is 11.7. The number of rotatable bonds is 4. The van der Waals surface area contributed by atoms with Gasteiger partial charge in [0, 0.05) is 13.1 Å². The van der Waals surface area contributed by atoms with Gasteiger partial charge in [-0.1, -0.05) is 6.07 Å². The Morgan fingerprint density at radius 1 is 1.27 bits per heavy atom. The van der Waals surface area contributed by atoms with Crippen molar-refractivity contribution in [2.24, 2.45) is 0 Å². The maximum Gasteiger partial charge on any atom is 0.231 e. The van der Waals surface area contributed by atoms with Crippen LogP contribution in [0.25, 0.3) is 0 Å². The lowest BCUT2D eigenvalue weighted by Gasteiger charge is -2.03. The number of hydrogen-bond donors (Lipinski definition) is 2. The molecule has 15 heavy (non-hydrogen) atoms. The van der Waals surface area contributed by atoms with Crippen LogP contribution in [0.5, 0.6) is 11.5 Å². The predicted molar refractivity (Wildman–Crippen MR) is 58.6 cm³/mol. The van der Waals surface area contributed by atoms with Crippen LogP contribution in [0.2, 0.25) is 0 Å². The van der Waals surface area contributed by atoms with Crippen molar-refractivity contribution in [3.05, 3.63) is 23.8 Å². The number of ether oxygens (including phenoxy) is 2. The Kier molecular flexibility index (Phi) is 4.68. The van der Waals surface area contributed by atoms with Gasteiger partial charge in [-0.3, -0.25) is 0 Å². The van der Waals surface area contributed by atoms with Crippen LogP contribution in [0.1, 0.15) is 5.56 Å². The molecule has 1 aromatic carbocycles. The first-order valence-electron chi connectivity index (χ1n) is 4.60. The average Bonchev–Trinajstić information content (AvgIpc) is 2.65. The number of nitrogens with one attached hydrogen (secondary N) is 1. The second kappa shape index (κ2) is 5.80. The molecule has 0 amide bonds. The zero-order chi connectivity index (χ0) is 9.80. The minimum atomic E-state index is 0. The summed E-state index contributed by atoms with van der Waals surface area (Å²) < 4.78 is 10.4. The number of halogens is 1. The highest BCUT2D eigenvalue weighted by molar-refractivity contribution is 5.85. The first-order chi connectivity index (χ1) is 6.90. The van der Waals surface area contributed by atoms with Crippen molar-refractivity contribution in [3.63, 3.8) is 0 Å². The van der Waals surface area contributed by atoms with Gasteiger partial charge in [-0.2, -0.15) is 0 Å². The van der Waals surface area contributed by atoms with Crippen LogP contribution in [0.3, 0.4) is 0 Å². The van der Waals surface area contributed by atoms with E-state index in [2.05, 4.69) is 5.32 Å². The molecule has 1 aliphatic heterocycles. The van der Waals surface area contributed by atoms with E-state index in [9.17, 15) is 0 Å². The fourth-order valence-corrected chi connectivity index (χ4v) is 1.36. The quantitative estimate of drug-likeness (QED) is 0.757. The number of aliphatic hydroxyl groups excluding tert-OH is 1. The van der Waals surface area contributed by atoms with Gasteiger partial charge >= 0.3 is 0 Å². The van der Waals surface area contributed by atoms with Crippen LogP contribution in [0.4, 0.5) is 0 Å². The summed E-state index contributed by atoms with van der Waals surface area (Å²) in [5.74, 6) is 1.60. The molecule has 0 atom stereocenters. The second-order valence-electron chi connectivity index (χ2n) is 3.09. The van der Waals surface area contributed by atoms with Crippen molar-refractivity contribution in [2.75, 3.05) is 19.9 Å². The Morgan fingerprint density at radius 3 is 2.87 bits per heavy atom. The molecule has 0 unspecified atom stereocenters. The van der Waals surface area contributed by atoms with E-state index in [0.29, 0.717) is 13.3 Å². The lowest BCUT2D eigenvalue weighted by atomic mass is 10.2. The molecule has 0 radical (unpaired) electrons. The first-order valence-corrected chi connectivity index (χ1v) is 4.60. The maximum absolute atomic E-state index is 8.59. The lowest BCUT2D eigenvalue weighted by Crippen LogP contribution is -2.17. The van der Waals surface area contributed by atoms with Gasteiger partial charge in [0.05, 0.1) is 6.61 Å². The van der Waals surface area contributed by atoms with E-state index in [0.717, 1.165) is 23.6 Å². The molecule has 0 fully saturated rings. The zero-order valence-corrected chi connectivity index (χ0v) is 9.05. The molecule has 1 heterocycles. The van der Waals surface area contributed by atoms with Crippen molar-refractivity contribution >= 4 is 12.4 Å². The Morgan fingerprint density at radius 2 is 2.07 bits per heavy atom. The van der Waals surface area contributed by atoms with Gasteiger partial charge in [-0.15, -0.1) is 12.4 Å². The molecule has 0 aromatic heterocycles. The van der Waals surface area contributed by atoms with Crippen molar-refractivity contribution in [1.29, 1.82) is 0 Å². The molecule has 0 spiro atoms. The fraction of sp³-hybridized carbons (Fsp3) is 0.400. The third kappa shape index (κ3) is 2.99. The lowest BCUT2D eigenvalue weighted by molar-refractivity contribution is 0.174. The average molecular weight is 232 g/mol. The summed E-state index contributed by atoms with van der Waals surface area (Å²) in [7, 11) is 0. The van der Waals surface area contributed by atoms with E-state index in [-0.39, 0.29) is 19.0 Å². The Bertz CT molecular complexity index is 320. The summed E-state index contributed by atoms with van der Waals surface area (Å²) in [4.78, 5) is 0. The van der Waals surface area contributed by atoms with Crippen LogP contribution >= 0.6 is 12.4 Å². The second-order valence-corrected chi connectivity index (χ2v) is 3.09. The minimum absolute atomic E-state index is 0. The van der Waals surface area contributed by atoms with Crippen molar-refractivity contribution in [3.8, 4) is 11.5 Å². The molecule has 84 valence electrons. The Balaban J connectivity index is 0.00000112. The molecule has 1 aliphatic rings. The van der Waals surface area contributed by atoms with Gasteiger partial charge in [0.25, 0.3) is 0 Å². The van der Waals surface area contributed by atoms with E-state index in [1.54, 1.807) is 0 Å².